The summed E-state index contributed by atoms with van der Waals surface area (Å²) in [6, 6.07) is 30.1. The Bertz CT molecular complexity index is 2040. The summed E-state index contributed by atoms with van der Waals surface area (Å²) in [6.45, 7) is 33.5. The van der Waals surface area contributed by atoms with E-state index in [1.54, 1.807) is 5.57 Å². The van der Waals surface area contributed by atoms with Crippen LogP contribution in [0.15, 0.2) is 90.0 Å². The normalized spacial score (nSPS) is 15.5. The molecule has 5 rings (SSSR count). The Hall–Kier alpha value is -3.82. The molecule has 4 aromatic rings. The maximum absolute atomic E-state index is 6.38. The van der Waals surface area contributed by atoms with Gasteiger partial charge in [0.05, 0.1) is 22.3 Å². The van der Waals surface area contributed by atoms with Gasteiger partial charge in [-0.3, -0.25) is 0 Å². The Morgan fingerprint density at radius 3 is 1.62 bits per heavy atom. The van der Waals surface area contributed by atoms with E-state index in [0.717, 1.165) is 30.4 Å². The van der Waals surface area contributed by atoms with E-state index in [2.05, 4.69) is 187 Å². The molecule has 0 amide bonds. The Morgan fingerprint density at radius 2 is 1.15 bits per heavy atom. The monoisotopic (exact) mass is 755 g/mol. The highest BCUT2D eigenvalue weighted by molar-refractivity contribution is 6.80. The molecular weight excluding hydrogens is 685 g/mol. The first kappa shape index (κ1) is 42.3. The molecule has 55 heavy (non-hydrogen) atoms. The minimum atomic E-state index is -2.10. The van der Waals surface area contributed by atoms with Crippen molar-refractivity contribution in [1.29, 1.82) is 0 Å². The van der Waals surface area contributed by atoms with Gasteiger partial charge in [-0.25, -0.2) is 0 Å². The summed E-state index contributed by atoms with van der Waals surface area (Å²) in [6.07, 6.45) is 7.22. The molecule has 0 aliphatic heterocycles. The summed E-state index contributed by atoms with van der Waals surface area (Å²) < 4.78 is 12.7. The van der Waals surface area contributed by atoms with Gasteiger partial charge in [0.25, 0.3) is 0 Å². The van der Waals surface area contributed by atoms with Crippen LogP contribution in [0.1, 0.15) is 129 Å². The lowest BCUT2D eigenvalue weighted by atomic mass is 9.81. The number of allylic oxidation sites excluding steroid dienone is 2. The molecule has 0 heterocycles. The number of fused-ring (bicyclic) bond motifs is 1. The van der Waals surface area contributed by atoms with Crippen LogP contribution in [0.25, 0.3) is 34.4 Å². The van der Waals surface area contributed by atoms with Gasteiger partial charge in [-0.05, 0) is 68.4 Å². The van der Waals surface area contributed by atoms with Gasteiger partial charge in [0.1, 0.15) is 11.5 Å². The molecule has 2 nitrogen and oxygen atoms in total. The van der Waals surface area contributed by atoms with Crippen LogP contribution in [-0.2, 0) is 10.8 Å². The summed E-state index contributed by atoms with van der Waals surface area (Å²) in [5.74, 6) is 2.00. The van der Waals surface area contributed by atoms with Gasteiger partial charge >= 0.3 is 0 Å². The first-order chi connectivity index (χ1) is 25.4. The van der Waals surface area contributed by atoms with Gasteiger partial charge in [-0.1, -0.05) is 198 Å². The molecule has 1 aliphatic rings. The van der Waals surface area contributed by atoms with Crippen LogP contribution in [0.4, 0.5) is 0 Å². The molecule has 0 saturated carbocycles. The molecule has 0 saturated heterocycles. The summed E-state index contributed by atoms with van der Waals surface area (Å²) in [5, 5.41) is 0. The van der Waals surface area contributed by atoms with Crippen molar-refractivity contribution in [2.45, 2.75) is 131 Å². The molecule has 1 atom stereocenters. The zero-order valence-corrected chi connectivity index (χ0v) is 38.2. The van der Waals surface area contributed by atoms with E-state index >= 15 is 0 Å². The van der Waals surface area contributed by atoms with Crippen molar-refractivity contribution in [3.05, 3.63) is 118 Å². The Kier molecular flexibility index (Phi) is 12.0. The van der Waals surface area contributed by atoms with E-state index in [4.69, 9.17) is 9.47 Å². The fraction of sp³-hybridized carbons (Fsp3) is 0.462. The molecule has 0 fully saturated rings. The highest BCUT2D eigenvalue weighted by atomic mass is 28.3. The van der Waals surface area contributed by atoms with E-state index in [0.29, 0.717) is 5.54 Å². The number of hydrogen-bond acceptors (Lipinski definition) is 2. The Morgan fingerprint density at radius 1 is 0.636 bits per heavy atom. The van der Waals surface area contributed by atoms with E-state index in [1.165, 1.54) is 55.6 Å². The van der Waals surface area contributed by atoms with E-state index < -0.39 is 8.07 Å². The van der Waals surface area contributed by atoms with Crippen molar-refractivity contribution in [1.82, 2.24) is 0 Å². The largest absolute Gasteiger partial charge is 0.496 e. The van der Waals surface area contributed by atoms with Crippen LogP contribution < -0.4 is 9.47 Å². The molecular formula is C52H70O2Si. The minimum absolute atomic E-state index is 0.0564. The van der Waals surface area contributed by atoms with Gasteiger partial charge in [0, 0.05) is 27.8 Å². The first-order valence-electron chi connectivity index (χ1n) is 20.4. The highest BCUT2D eigenvalue weighted by Crippen LogP contribution is 2.55. The predicted octanol–water partition coefficient (Wildman–Crippen LogP) is 15.3. The lowest BCUT2D eigenvalue weighted by Gasteiger charge is -2.37. The van der Waals surface area contributed by atoms with Gasteiger partial charge in [-0.15, -0.1) is 0 Å². The molecule has 0 bridgehead atoms. The van der Waals surface area contributed by atoms with Gasteiger partial charge in [0.2, 0.25) is 0 Å². The number of hydrogen-bond donors (Lipinski definition) is 0. The Labute approximate surface area is 336 Å². The van der Waals surface area contributed by atoms with Gasteiger partial charge < -0.3 is 9.47 Å². The lowest BCUT2D eigenvalue weighted by Crippen LogP contribution is -2.37. The second-order valence-electron chi connectivity index (χ2n) is 21.3. The molecule has 0 aromatic heterocycles. The van der Waals surface area contributed by atoms with Gasteiger partial charge in [-0.2, -0.15) is 0 Å². The maximum atomic E-state index is 6.38. The van der Waals surface area contributed by atoms with Crippen molar-refractivity contribution in [2.75, 3.05) is 14.2 Å². The van der Waals surface area contributed by atoms with E-state index in [9.17, 15) is 0 Å². The van der Waals surface area contributed by atoms with Crippen LogP contribution in [0, 0.1) is 10.8 Å². The third kappa shape index (κ3) is 9.59. The van der Waals surface area contributed by atoms with E-state index in [1.807, 2.05) is 14.2 Å². The fourth-order valence-electron chi connectivity index (χ4n) is 9.09. The summed E-state index contributed by atoms with van der Waals surface area (Å²) in [4.78, 5) is 0. The molecule has 3 heteroatoms. The van der Waals surface area contributed by atoms with E-state index in [-0.39, 0.29) is 21.7 Å². The highest BCUT2D eigenvalue weighted by Gasteiger charge is 2.43. The van der Waals surface area contributed by atoms with Crippen molar-refractivity contribution in [3.8, 4) is 33.8 Å². The molecule has 0 spiro atoms. The van der Waals surface area contributed by atoms with Crippen molar-refractivity contribution in [3.63, 3.8) is 0 Å². The lowest BCUT2D eigenvalue weighted by molar-refractivity contribution is 0.398. The number of rotatable bonds is 10. The number of methoxy groups -OCH3 is 2. The minimum Gasteiger partial charge on any atom is -0.496 e. The molecule has 1 aliphatic carbocycles. The van der Waals surface area contributed by atoms with Crippen LogP contribution in [0.2, 0.25) is 19.1 Å². The third-order valence-electron chi connectivity index (χ3n) is 11.0. The zero-order chi connectivity index (χ0) is 40.7. The quantitative estimate of drug-likeness (QED) is 0.150. The SMILES string of the molecule is COc1c(C(C)(C)C)ccc(/C=C(/CC(C)(C)C)C[Si](C)(C)C2C(CC(C)(C)C)=Cc3c2cc(C(C)(C)C)c(OC)c3-c2ccccc2)c1-c1ccccc1. The summed E-state index contributed by atoms with van der Waals surface area (Å²) >= 11 is 0. The predicted molar refractivity (Wildman–Crippen MR) is 243 cm³/mol. The molecule has 294 valence electrons. The Balaban J connectivity index is 1.77. The number of ether oxygens (including phenoxy) is 2. The second kappa shape index (κ2) is 15.6. The van der Waals surface area contributed by atoms with Crippen molar-refractivity contribution >= 4 is 20.2 Å². The third-order valence-corrected chi connectivity index (χ3v) is 14.6. The fourth-order valence-corrected chi connectivity index (χ4v) is 13.0. The zero-order valence-electron chi connectivity index (χ0n) is 37.2. The summed E-state index contributed by atoms with van der Waals surface area (Å²) in [5.41, 5.74) is 15.1. The van der Waals surface area contributed by atoms with Crippen molar-refractivity contribution < 1.29 is 9.47 Å². The molecule has 0 N–H and O–H groups in total. The van der Waals surface area contributed by atoms with Gasteiger partial charge in [0.15, 0.2) is 0 Å². The first-order valence-corrected chi connectivity index (χ1v) is 23.7. The average molecular weight is 755 g/mol. The van der Waals surface area contributed by atoms with Crippen molar-refractivity contribution in [2.24, 2.45) is 10.8 Å². The smallest absolute Gasteiger partial charge is 0.131 e. The van der Waals surface area contributed by atoms with Crippen LogP contribution in [-0.4, -0.2) is 22.3 Å². The maximum Gasteiger partial charge on any atom is 0.131 e. The standard InChI is InChI=1S/C52H70O2Si/c1-49(2,3)32-35(29-38-27-28-42(51(7,8)9)46(53-13)44(38)36-23-19-17-20-24-36)34-55(15,16)48-39(33-50(4,5)6)30-40-41(48)31-43(52(10,11)12)47(54-14)45(40)37-25-21-18-22-26-37/h17-31,48H,32-34H2,1-16H3/b35-29-. The van der Waals surface area contributed by atoms with Crippen LogP contribution in [0.5, 0.6) is 11.5 Å². The summed E-state index contributed by atoms with van der Waals surface area (Å²) in [7, 11) is 1.58. The molecule has 4 aromatic carbocycles. The van der Waals surface area contributed by atoms with Crippen LogP contribution >= 0.6 is 0 Å². The second-order valence-corrected chi connectivity index (χ2v) is 26.2. The average Bonchev–Trinajstić information content (AvgIpc) is 3.43. The topological polar surface area (TPSA) is 18.5 Å². The number of benzene rings is 4. The molecule has 0 radical (unpaired) electrons. The van der Waals surface area contributed by atoms with Crippen LogP contribution in [0.3, 0.4) is 0 Å². The molecule has 1 unspecified atom stereocenters.